The van der Waals surface area contributed by atoms with Crippen LogP contribution in [0.4, 0.5) is 0 Å². The Kier molecular flexibility index (Phi) is 5.19. The van der Waals surface area contributed by atoms with Crippen LogP contribution in [0, 0.1) is 13.8 Å². The number of amides is 1. The van der Waals surface area contributed by atoms with E-state index in [9.17, 15) is 4.79 Å². The van der Waals surface area contributed by atoms with Crippen molar-refractivity contribution in [3.63, 3.8) is 0 Å². The SMILES string of the molecule is Cc1ccc(-c2ccc(C(=O)N(C)CCc3scnc3C)cc2)nn1. The minimum atomic E-state index is 0.0173. The first kappa shape index (κ1) is 17.2. The van der Waals surface area contributed by atoms with Crippen LogP contribution >= 0.6 is 11.3 Å². The zero-order chi connectivity index (χ0) is 17.8. The van der Waals surface area contributed by atoms with Gasteiger partial charge in [-0.25, -0.2) is 4.98 Å². The highest BCUT2D eigenvalue weighted by atomic mass is 32.1. The predicted molar refractivity (Wildman–Crippen MR) is 99.7 cm³/mol. The molecule has 0 bridgehead atoms. The lowest BCUT2D eigenvalue weighted by Gasteiger charge is -2.17. The van der Waals surface area contributed by atoms with Gasteiger partial charge in [0.25, 0.3) is 5.91 Å². The zero-order valence-electron chi connectivity index (χ0n) is 14.6. The third-order valence-corrected chi connectivity index (χ3v) is 5.09. The first-order valence-electron chi connectivity index (χ1n) is 8.10. The van der Waals surface area contributed by atoms with Crippen molar-refractivity contribution < 1.29 is 4.79 Å². The highest BCUT2D eigenvalue weighted by Crippen LogP contribution is 2.18. The van der Waals surface area contributed by atoms with Crippen LogP contribution in [0.3, 0.4) is 0 Å². The van der Waals surface area contributed by atoms with Gasteiger partial charge in [0.15, 0.2) is 0 Å². The summed E-state index contributed by atoms with van der Waals surface area (Å²) >= 11 is 1.64. The van der Waals surface area contributed by atoms with E-state index in [4.69, 9.17) is 0 Å². The third kappa shape index (κ3) is 4.09. The summed E-state index contributed by atoms with van der Waals surface area (Å²) in [6.45, 7) is 4.58. The molecule has 0 unspecified atom stereocenters. The molecule has 0 atom stereocenters. The van der Waals surface area contributed by atoms with Crippen molar-refractivity contribution in [1.29, 1.82) is 0 Å². The van der Waals surface area contributed by atoms with Crippen LogP contribution in [-0.4, -0.2) is 39.6 Å². The van der Waals surface area contributed by atoms with Crippen LogP contribution in [-0.2, 0) is 6.42 Å². The van der Waals surface area contributed by atoms with Gasteiger partial charge in [-0.1, -0.05) is 12.1 Å². The van der Waals surface area contributed by atoms with E-state index in [1.165, 1.54) is 4.88 Å². The van der Waals surface area contributed by atoms with Crippen molar-refractivity contribution in [3.05, 3.63) is 63.7 Å². The maximum Gasteiger partial charge on any atom is 0.253 e. The van der Waals surface area contributed by atoms with Crippen molar-refractivity contribution in [2.24, 2.45) is 0 Å². The number of aryl methyl sites for hydroxylation is 2. The molecule has 1 amide bonds. The smallest absolute Gasteiger partial charge is 0.253 e. The Morgan fingerprint density at radius 3 is 2.44 bits per heavy atom. The van der Waals surface area contributed by atoms with Gasteiger partial charge in [0.2, 0.25) is 0 Å². The fourth-order valence-electron chi connectivity index (χ4n) is 2.49. The Labute approximate surface area is 151 Å². The van der Waals surface area contributed by atoms with Crippen LogP contribution in [0.2, 0.25) is 0 Å². The molecule has 6 heteroatoms. The summed E-state index contributed by atoms with van der Waals surface area (Å²) < 4.78 is 0. The first-order valence-corrected chi connectivity index (χ1v) is 8.98. The molecule has 2 heterocycles. The van der Waals surface area contributed by atoms with E-state index in [1.54, 1.807) is 16.2 Å². The number of carbonyl (C=O) groups is 1. The standard InChI is InChI=1S/C19H20N4OS/c1-13-4-9-17(22-21-13)15-5-7-16(8-6-15)19(24)23(3)11-10-18-14(2)20-12-25-18/h4-9,12H,10-11H2,1-3H3. The Morgan fingerprint density at radius 2 is 1.84 bits per heavy atom. The molecule has 0 aliphatic rings. The number of likely N-dealkylation sites (N-methyl/N-ethyl adjacent to an activating group) is 1. The van der Waals surface area contributed by atoms with E-state index in [-0.39, 0.29) is 5.91 Å². The lowest BCUT2D eigenvalue weighted by molar-refractivity contribution is 0.0797. The van der Waals surface area contributed by atoms with Crippen molar-refractivity contribution >= 4 is 17.2 Å². The number of rotatable bonds is 5. The summed E-state index contributed by atoms with van der Waals surface area (Å²) in [5.41, 5.74) is 6.21. The molecule has 0 radical (unpaired) electrons. The van der Waals surface area contributed by atoms with Gasteiger partial charge in [-0.15, -0.1) is 11.3 Å². The van der Waals surface area contributed by atoms with E-state index in [1.807, 2.05) is 62.8 Å². The van der Waals surface area contributed by atoms with E-state index in [2.05, 4.69) is 15.2 Å². The Hall–Kier alpha value is -2.60. The Morgan fingerprint density at radius 1 is 1.08 bits per heavy atom. The molecule has 0 saturated heterocycles. The highest BCUT2D eigenvalue weighted by Gasteiger charge is 2.13. The summed E-state index contributed by atoms with van der Waals surface area (Å²) in [6.07, 6.45) is 0.829. The fourth-order valence-corrected chi connectivity index (χ4v) is 3.26. The van der Waals surface area contributed by atoms with Gasteiger partial charge in [-0.2, -0.15) is 10.2 Å². The number of nitrogens with zero attached hydrogens (tertiary/aromatic N) is 4. The van der Waals surface area contributed by atoms with Gasteiger partial charge in [-0.05, 0) is 38.1 Å². The predicted octanol–water partition coefficient (Wildman–Crippen LogP) is 3.53. The molecule has 0 aliphatic heterocycles. The van der Waals surface area contributed by atoms with Crippen LogP contribution < -0.4 is 0 Å². The molecule has 0 aliphatic carbocycles. The summed E-state index contributed by atoms with van der Waals surface area (Å²) in [6, 6.07) is 11.4. The molecule has 3 aromatic rings. The lowest BCUT2D eigenvalue weighted by atomic mass is 10.1. The van der Waals surface area contributed by atoms with Crippen LogP contribution in [0.15, 0.2) is 41.9 Å². The van der Waals surface area contributed by atoms with Gasteiger partial charge in [0.05, 0.1) is 22.6 Å². The molecule has 0 fully saturated rings. The molecule has 5 nitrogen and oxygen atoms in total. The second-order valence-corrected chi connectivity index (χ2v) is 6.91. The summed E-state index contributed by atoms with van der Waals surface area (Å²) in [5, 5.41) is 8.24. The molecule has 2 aromatic heterocycles. The average molecular weight is 352 g/mol. The van der Waals surface area contributed by atoms with E-state index in [0.29, 0.717) is 12.1 Å². The zero-order valence-corrected chi connectivity index (χ0v) is 15.4. The Balaban J connectivity index is 1.65. The van der Waals surface area contributed by atoms with E-state index in [0.717, 1.165) is 29.1 Å². The molecule has 0 N–H and O–H groups in total. The van der Waals surface area contributed by atoms with Crippen LogP contribution in [0.25, 0.3) is 11.3 Å². The first-order chi connectivity index (χ1) is 12.0. The van der Waals surface area contributed by atoms with Gasteiger partial charge in [0.1, 0.15) is 0 Å². The monoisotopic (exact) mass is 352 g/mol. The minimum absolute atomic E-state index is 0.0173. The van der Waals surface area contributed by atoms with Gasteiger partial charge in [-0.3, -0.25) is 4.79 Å². The van der Waals surface area contributed by atoms with Crippen molar-refractivity contribution in [1.82, 2.24) is 20.1 Å². The van der Waals surface area contributed by atoms with Crippen LogP contribution in [0.1, 0.15) is 26.6 Å². The van der Waals surface area contributed by atoms with Gasteiger partial charge >= 0.3 is 0 Å². The second-order valence-electron chi connectivity index (χ2n) is 5.97. The summed E-state index contributed by atoms with van der Waals surface area (Å²) in [4.78, 5) is 19.8. The maximum absolute atomic E-state index is 12.6. The largest absolute Gasteiger partial charge is 0.341 e. The molecule has 0 saturated carbocycles. The molecule has 1 aromatic carbocycles. The Bertz CT molecular complexity index is 856. The number of benzene rings is 1. The molecule has 128 valence electrons. The molecule has 25 heavy (non-hydrogen) atoms. The number of carbonyl (C=O) groups excluding carboxylic acids is 1. The minimum Gasteiger partial charge on any atom is -0.341 e. The maximum atomic E-state index is 12.6. The molecular formula is C19H20N4OS. The molecular weight excluding hydrogens is 332 g/mol. The van der Waals surface area contributed by atoms with Crippen LogP contribution in [0.5, 0.6) is 0 Å². The second kappa shape index (κ2) is 7.53. The summed E-state index contributed by atoms with van der Waals surface area (Å²) in [7, 11) is 1.83. The van der Waals surface area contributed by atoms with E-state index >= 15 is 0 Å². The fraction of sp³-hybridized carbons (Fsp3) is 0.263. The number of thiazole rings is 1. The number of hydrogen-bond acceptors (Lipinski definition) is 5. The average Bonchev–Trinajstić information content (AvgIpc) is 3.05. The number of aromatic nitrogens is 3. The van der Waals surface area contributed by atoms with Gasteiger partial charge < -0.3 is 4.90 Å². The summed E-state index contributed by atoms with van der Waals surface area (Å²) in [5.74, 6) is 0.0173. The lowest BCUT2D eigenvalue weighted by Crippen LogP contribution is -2.28. The molecule has 3 rings (SSSR count). The number of hydrogen-bond donors (Lipinski definition) is 0. The van der Waals surface area contributed by atoms with E-state index < -0.39 is 0 Å². The van der Waals surface area contributed by atoms with Crippen molar-refractivity contribution in [2.75, 3.05) is 13.6 Å². The third-order valence-electron chi connectivity index (χ3n) is 4.09. The normalized spacial score (nSPS) is 10.7. The van der Waals surface area contributed by atoms with Crippen molar-refractivity contribution in [3.8, 4) is 11.3 Å². The molecule has 0 spiro atoms. The van der Waals surface area contributed by atoms with Crippen molar-refractivity contribution in [2.45, 2.75) is 20.3 Å². The topological polar surface area (TPSA) is 59.0 Å². The quantitative estimate of drug-likeness (QED) is 0.705. The van der Waals surface area contributed by atoms with Gasteiger partial charge in [0, 0.05) is 36.0 Å². The highest BCUT2D eigenvalue weighted by molar-refractivity contribution is 7.09.